The summed E-state index contributed by atoms with van der Waals surface area (Å²) in [6.07, 6.45) is -0.782. The van der Waals surface area contributed by atoms with Gasteiger partial charge in [-0.25, -0.2) is 9.59 Å². The number of phenols is 1. The molecule has 0 radical (unpaired) electrons. The molecule has 1 aliphatic rings. The Kier molecular flexibility index (Phi) is 4.45. The summed E-state index contributed by atoms with van der Waals surface area (Å²) < 4.78 is 5.39. The van der Waals surface area contributed by atoms with Gasteiger partial charge in [-0.2, -0.15) is 0 Å². The number of carboxylic acids is 1. The molecule has 1 aliphatic carbocycles. The molecule has 0 saturated carbocycles. The maximum Gasteiger partial charge on any atom is 0.411 e. The van der Waals surface area contributed by atoms with Crippen LogP contribution >= 0.6 is 0 Å². The molecular formula is C22H17NO5. The van der Waals surface area contributed by atoms with Crippen LogP contribution in [0.5, 0.6) is 5.75 Å². The van der Waals surface area contributed by atoms with Crippen molar-refractivity contribution >= 4 is 17.7 Å². The number of rotatable bonds is 4. The van der Waals surface area contributed by atoms with Crippen LogP contribution in [0, 0.1) is 0 Å². The first-order chi connectivity index (χ1) is 13.5. The first-order valence-corrected chi connectivity index (χ1v) is 8.73. The second-order valence-corrected chi connectivity index (χ2v) is 6.49. The number of carbonyl (C=O) groups is 2. The highest BCUT2D eigenvalue weighted by molar-refractivity contribution is 5.99. The molecule has 0 bridgehead atoms. The number of nitrogens with one attached hydrogen (secondary N) is 1. The molecular weight excluding hydrogens is 358 g/mol. The Morgan fingerprint density at radius 2 is 1.54 bits per heavy atom. The molecule has 0 aliphatic heterocycles. The fraction of sp³-hybridized carbons (Fsp3) is 0.0909. The van der Waals surface area contributed by atoms with Crippen molar-refractivity contribution in [1.82, 2.24) is 0 Å². The third-order valence-corrected chi connectivity index (χ3v) is 4.81. The van der Waals surface area contributed by atoms with E-state index in [2.05, 4.69) is 5.32 Å². The predicted octanol–water partition coefficient (Wildman–Crippen LogP) is 4.45. The van der Waals surface area contributed by atoms with Gasteiger partial charge in [-0.1, -0.05) is 48.5 Å². The van der Waals surface area contributed by atoms with Crippen LogP contribution in [0.1, 0.15) is 27.4 Å². The zero-order chi connectivity index (χ0) is 19.7. The van der Waals surface area contributed by atoms with Crippen molar-refractivity contribution in [3.05, 3.63) is 83.4 Å². The highest BCUT2D eigenvalue weighted by Gasteiger charge is 2.29. The lowest BCUT2D eigenvalue weighted by Crippen LogP contribution is -2.19. The number of anilines is 1. The number of benzene rings is 3. The summed E-state index contributed by atoms with van der Waals surface area (Å²) in [5.41, 5.74) is 4.25. The normalized spacial score (nSPS) is 12.1. The quantitative estimate of drug-likeness (QED) is 0.626. The zero-order valence-corrected chi connectivity index (χ0v) is 14.8. The van der Waals surface area contributed by atoms with Gasteiger partial charge in [0.15, 0.2) is 0 Å². The SMILES string of the molecule is O=C(Nc1cc(O)ccc1C(=O)O)OCC1c2ccccc2-c2ccccc21. The summed E-state index contributed by atoms with van der Waals surface area (Å²) in [7, 11) is 0. The van der Waals surface area contributed by atoms with Gasteiger partial charge in [0.25, 0.3) is 0 Å². The smallest absolute Gasteiger partial charge is 0.411 e. The van der Waals surface area contributed by atoms with Crippen LogP contribution in [0.4, 0.5) is 10.5 Å². The van der Waals surface area contributed by atoms with Crippen LogP contribution in [0.25, 0.3) is 11.1 Å². The second-order valence-electron chi connectivity index (χ2n) is 6.49. The molecule has 0 saturated heterocycles. The summed E-state index contributed by atoms with van der Waals surface area (Å²) >= 11 is 0. The molecule has 0 fully saturated rings. The second kappa shape index (κ2) is 7.08. The Balaban J connectivity index is 1.52. The number of amides is 1. The molecule has 4 rings (SSSR count). The Morgan fingerprint density at radius 3 is 2.14 bits per heavy atom. The Labute approximate surface area is 161 Å². The minimum atomic E-state index is -1.21. The van der Waals surface area contributed by atoms with Crippen molar-refractivity contribution in [3.63, 3.8) is 0 Å². The van der Waals surface area contributed by atoms with Crippen molar-refractivity contribution in [1.29, 1.82) is 0 Å². The fourth-order valence-corrected chi connectivity index (χ4v) is 3.57. The number of aromatic carboxylic acids is 1. The molecule has 28 heavy (non-hydrogen) atoms. The molecule has 6 heteroatoms. The van der Waals surface area contributed by atoms with Crippen molar-refractivity contribution in [2.45, 2.75) is 5.92 Å². The molecule has 0 spiro atoms. The molecule has 0 heterocycles. The molecule has 3 N–H and O–H groups in total. The number of hydrogen-bond donors (Lipinski definition) is 3. The summed E-state index contributed by atoms with van der Waals surface area (Å²) in [6.45, 7) is 0.112. The van der Waals surface area contributed by atoms with Gasteiger partial charge in [-0.05, 0) is 34.4 Å². The van der Waals surface area contributed by atoms with Gasteiger partial charge in [0.05, 0.1) is 11.3 Å². The van der Waals surface area contributed by atoms with Crippen LogP contribution < -0.4 is 5.32 Å². The molecule has 3 aromatic carbocycles. The molecule has 0 atom stereocenters. The molecule has 3 aromatic rings. The Hall–Kier alpha value is -3.80. The number of fused-ring (bicyclic) bond motifs is 3. The highest BCUT2D eigenvalue weighted by atomic mass is 16.5. The number of aromatic hydroxyl groups is 1. The minimum absolute atomic E-state index is 0.0234. The third kappa shape index (κ3) is 3.16. The van der Waals surface area contributed by atoms with E-state index in [1.807, 2.05) is 48.5 Å². The lowest BCUT2D eigenvalue weighted by Gasteiger charge is -2.15. The van der Waals surface area contributed by atoms with Crippen LogP contribution in [0.15, 0.2) is 66.7 Å². The number of ether oxygens (including phenoxy) is 1. The van der Waals surface area contributed by atoms with Crippen LogP contribution in [-0.4, -0.2) is 28.9 Å². The summed E-state index contributed by atoms with van der Waals surface area (Å²) in [5, 5.41) is 21.2. The molecule has 0 unspecified atom stereocenters. The van der Waals surface area contributed by atoms with Crippen LogP contribution in [0.2, 0.25) is 0 Å². The molecule has 0 aromatic heterocycles. The number of phenolic OH excluding ortho intramolecular Hbond substituents is 1. The van der Waals surface area contributed by atoms with E-state index in [9.17, 15) is 19.8 Å². The molecule has 1 amide bonds. The standard InChI is InChI=1S/C22H17NO5/c24-13-9-10-18(21(25)26)20(11-13)23-22(27)28-12-19-16-7-3-1-5-14(16)15-6-2-4-8-17(15)19/h1-11,19,24H,12H2,(H,23,27)(H,25,26). The average molecular weight is 375 g/mol. The number of carboxylic acid groups (broad SMARTS) is 1. The maximum absolute atomic E-state index is 12.3. The lowest BCUT2D eigenvalue weighted by atomic mass is 9.98. The summed E-state index contributed by atoms with van der Waals surface area (Å²) in [4.78, 5) is 23.6. The van der Waals surface area contributed by atoms with Crippen molar-refractivity contribution in [2.75, 3.05) is 11.9 Å². The van der Waals surface area contributed by atoms with E-state index in [-0.39, 0.29) is 29.5 Å². The van der Waals surface area contributed by atoms with E-state index >= 15 is 0 Å². The topological polar surface area (TPSA) is 95.9 Å². The molecule has 6 nitrogen and oxygen atoms in total. The van der Waals surface area contributed by atoms with Gasteiger partial charge < -0.3 is 14.9 Å². The van der Waals surface area contributed by atoms with Gasteiger partial charge in [-0.3, -0.25) is 5.32 Å². The fourth-order valence-electron chi connectivity index (χ4n) is 3.57. The first-order valence-electron chi connectivity index (χ1n) is 8.73. The van der Waals surface area contributed by atoms with E-state index in [0.29, 0.717) is 0 Å². The van der Waals surface area contributed by atoms with Crippen molar-refractivity contribution in [2.24, 2.45) is 0 Å². The largest absolute Gasteiger partial charge is 0.508 e. The van der Waals surface area contributed by atoms with Gasteiger partial charge in [0.1, 0.15) is 12.4 Å². The minimum Gasteiger partial charge on any atom is -0.508 e. The van der Waals surface area contributed by atoms with Crippen molar-refractivity contribution in [3.8, 4) is 16.9 Å². The number of hydrogen-bond acceptors (Lipinski definition) is 4. The van der Waals surface area contributed by atoms with Crippen LogP contribution in [0.3, 0.4) is 0 Å². The van der Waals surface area contributed by atoms with Crippen molar-refractivity contribution < 1.29 is 24.5 Å². The van der Waals surface area contributed by atoms with E-state index < -0.39 is 12.1 Å². The lowest BCUT2D eigenvalue weighted by molar-refractivity contribution is 0.0698. The average Bonchev–Trinajstić information content (AvgIpc) is 3.00. The van der Waals surface area contributed by atoms with Crippen LogP contribution in [-0.2, 0) is 4.74 Å². The van der Waals surface area contributed by atoms with E-state index in [0.717, 1.165) is 22.3 Å². The van der Waals surface area contributed by atoms with E-state index in [1.165, 1.54) is 18.2 Å². The van der Waals surface area contributed by atoms with Gasteiger partial charge in [0, 0.05) is 12.0 Å². The molecule has 140 valence electrons. The van der Waals surface area contributed by atoms with E-state index in [1.54, 1.807) is 0 Å². The zero-order valence-electron chi connectivity index (χ0n) is 14.8. The van der Waals surface area contributed by atoms with Gasteiger partial charge in [0.2, 0.25) is 0 Å². The van der Waals surface area contributed by atoms with Gasteiger partial charge in [-0.15, -0.1) is 0 Å². The third-order valence-electron chi connectivity index (χ3n) is 4.81. The Bertz CT molecular complexity index is 1030. The summed E-state index contributed by atoms with van der Waals surface area (Å²) in [5.74, 6) is -1.46. The maximum atomic E-state index is 12.3. The highest BCUT2D eigenvalue weighted by Crippen LogP contribution is 2.44. The first kappa shape index (κ1) is 17.6. The van der Waals surface area contributed by atoms with E-state index in [4.69, 9.17) is 4.74 Å². The number of carbonyl (C=O) groups excluding carboxylic acids is 1. The summed E-state index contributed by atoms with van der Waals surface area (Å²) in [6, 6.07) is 19.6. The van der Waals surface area contributed by atoms with Gasteiger partial charge >= 0.3 is 12.1 Å². The Morgan fingerprint density at radius 1 is 0.929 bits per heavy atom. The monoisotopic (exact) mass is 375 g/mol. The predicted molar refractivity (Wildman–Crippen MR) is 104 cm³/mol.